The van der Waals surface area contributed by atoms with Gasteiger partial charge in [0.1, 0.15) is 0 Å². The third kappa shape index (κ3) is 3.19. The van der Waals surface area contributed by atoms with Crippen LogP contribution in [0, 0.1) is 0 Å². The maximum atomic E-state index is 7.13. The van der Waals surface area contributed by atoms with E-state index in [1.54, 1.807) is 7.11 Å². The van der Waals surface area contributed by atoms with Crippen molar-refractivity contribution in [2.75, 3.05) is 13.7 Å². The number of halogens is 1. The molecule has 1 aliphatic rings. The zero-order valence-electron chi connectivity index (χ0n) is 14.0. The van der Waals surface area contributed by atoms with Crippen LogP contribution in [0.5, 0.6) is 0 Å². The summed E-state index contributed by atoms with van der Waals surface area (Å²) in [4.78, 5) is 0. The summed E-state index contributed by atoms with van der Waals surface area (Å²) in [5.41, 5.74) is 3.29. The molecule has 0 fully saturated rings. The van der Waals surface area contributed by atoms with Gasteiger partial charge in [-0.15, -0.1) is 11.6 Å². The number of benzene rings is 2. The minimum Gasteiger partial charge on any atom is -0.383 e. The molecule has 0 aromatic heterocycles. The van der Waals surface area contributed by atoms with Crippen molar-refractivity contribution in [2.24, 2.45) is 0 Å². The van der Waals surface area contributed by atoms with E-state index in [0.717, 1.165) is 18.4 Å². The van der Waals surface area contributed by atoms with Gasteiger partial charge in [-0.1, -0.05) is 84.5 Å². The van der Waals surface area contributed by atoms with Crippen LogP contribution in [-0.2, 0) is 10.2 Å². The number of methoxy groups -OCH3 is 1. The summed E-state index contributed by atoms with van der Waals surface area (Å²) in [6.45, 7) is 0.555. The van der Waals surface area contributed by atoms with E-state index in [9.17, 15) is 0 Å². The number of alkyl halides is 1. The number of rotatable bonds is 6. The molecule has 0 spiro atoms. The second kappa shape index (κ2) is 7.83. The lowest BCUT2D eigenvalue weighted by Crippen LogP contribution is -2.38. The highest BCUT2D eigenvalue weighted by Crippen LogP contribution is 2.49. The molecule has 1 aliphatic carbocycles. The molecule has 0 saturated carbocycles. The van der Waals surface area contributed by atoms with E-state index in [2.05, 4.69) is 54.6 Å². The number of ether oxygens (including phenoxy) is 1. The summed E-state index contributed by atoms with van der Waals surface area (Å²) in [6, 6.07) is 20.8. The average molecular weight is 339 g/mol. The molecule has 0 heterocycles. The van der Waals surface area contributed by atoms with Crippen LogP contribution in [0.25, 0.3) is 0 Å². The highest BCUT2D eigenvalue weighted by molar-refractivity contribution is 6.22. The number of allylic oxidation sites excluding steroid dienone is 3. The van der Waals surface area contributed by atoms with Gasteiger partial charge in [-0.2, -0.15) is 0 Å². The third-order valence-corrected chi connectivity index (χ3v) is 5.40. The van der Waals surface area contributed by atoms with Crippen molar-refractivity contribution < 1.29 is 4.74 Å². The zero-order valence-corrected chi connectivity index (χ0v) is 14.7. The minimum absolute atomic E-state index is 0.196. The van der Waals surface area contributed by atoms with Crippen molar-refractivity contribution in [3.8, 4) is 0 Å². The maximum absolute atomic E-state index is 7.13. The Kier molecular flexibility index (Phi) is 5.55. The zero-order chi connectivity index (χ0) is 16.8. The molecular weight excluding hydrogens is 316 g/mol. The lowest BCUT2D eigenvalue weighted by atomic mass is 9.68. The Hall–Kier alpha value is -1.83. The van der Waals surface area contributed by atoms with E-state index in [0.29, 0.717) is 6.61 Å². The van der Waals surface area contributed by atoms with Crippen LogP contribution in [0.1, 0.15) is 29.3 Å². The Labute approximate surface area is 149 Å². The van der Waals surface area contributed by atoms with Gasteiger partial charge in [0.2, 0.25) is 0 Å². The summed E-state index contributed by atoms with van der Waals surface area (Å²) in [7, 11) is 1.76. The standard InChI is InChI=1S/C22H23ClO/c1-24-17-22(19-13-7-3-8-14-19,20-15-9-4-10-16-20)21(23)18-11-5-2-6-12-18/h2-9,11-15,21H,10,16-17H2,1H3. The van der Waals surface area contributed by atoms with Gasteiger partial charge in [-0.25, -0.2) is 0 Å². The second-order valence-electron chi connectivity index (χ2n) is 6.20. The fourth-order valence-electron chi connectivity index (χ4n) is 3.59. The van der Waals surface area contributed by atoms with Gasteiger partial charge in [-0.05, 0) is 24.0 Å². The molecule has 0 N–H and O–H groups in total. The Morgan fingerprint density at radius 3 is 2.29 bits per heavy atom. The van der Waals surface area contributed by atoms with E-state index in [1.807, 2.05) is 24.3 Å². The molecular formula is C22H23ClO. The van der Waals surface area contributed by atoms with Gasteiger partial charge in [0.05, 0.1) is 17.4 Å². The van der Waals surface area contributed by atoms with Crippen molar-refractivity contribution in [3.63, 3.8) is 0 Å². The molecule has 124 valence electrons. The van der Waals surface area contributed by atoms with Gasteiger partial charge in [0, 0.05) is 7.11 Å². The summed E-state index contributed by atoms with van der Waals surface area (Å²) in [6.07, 6.45) is 8.61. The summed E-state index contributed by atoms with van der Waals surface area (Å²) >= 11 is 7.13. The minimum atomic E-state index is -0.371. The Morgan fingerprint density at radius 2 is 1.71 bits per heavy atom. The fraction of sp³-hybridized carbons (Fsp3) is 0.273. The highest BCUT2D eigenvalue weighted by atomic mass is 35.5. The molecule has 2 aromatic rings. The molecule has 3 rings (SSSR count). The number of hydrogen-bond donors (Lipinski definition) is 0. The third-order valence-electron chi connectivity index (χ3n) is 4.77. The normalized spacial score (nSPS) is 17.8. The molecule has 0 bridgehead atoms. The first-order valence-electron chi connectivity index (χ1n) is 8.38. The molecule has 2 aromatic carbocycles. The Bertz CT molecular complexity index is 705. The van der Waals surface area contributed by atoms with Crippen molar-refractivity contribution in [3.05, 3.63) is 95.6 Å². The number of hydrogen-bond acceptors (Lipinski definition) is 1. The van der Waals surface area contributed by atoms with Crippen molar-refractivity contribution >= 4 is 11.6 Å². The van der Waals surface area contributed by atoms with Crippen molar-refractivity contribution in [1.29, 1.82) is 0 Å². The smallest absolute Gasteiger partial charge is 0.0741 e. The average Bonchev–Trinajstić information content (AvgIpc) is 2.68. The monoisotopic (exact) mass is 338 g/mol. The molecule has 1 nitrogen and oxygen atoms in total. The first kappa shape index (κ1) is 17.0. The first-order chi connectivity index (χ1) is 11.8. The molecule has 0 amide bonds. The van der Waals surface area contributed by atoms with E-state index in [1.165, 1.54) is 11.1 Å². The predicted octanol–water partition coefficient (Wildman–Crippen LogP) is 5.83. The van der Waals surface area contributed by atoms with Gasteiger partial charge in [0.15, 0.2) is 0 Å². The fourth-order valence-corrected chi connectivity index (χ4v) is 4.06. The highest BCUT2D eigenvalue weighted by Gasteiger charge is 2.43. The van der Waals surface area contributed by atoms with Crippen LogP contribution < -0.4 is 0 Å². The molecule has 2 heteroatoms. The molecule has 0 aliphatic heterocycles. The predicted molar refractivity (Wildman–Crippen MR) is 101 cm³/mol. The summed E-state index contributed by atoms with van der Waals surface area (Å²) in [5.74, 6) is 0. The molecule has 24 heavy (non-hydrogen) atoms. The van der Waals surface area contributed by atoms with Crippen LogP contribution >= 0.6 is 11.6 Å². The van der Waals surface area contributed by atoms with E-state index in [4.69, 9.17) is 16.3 Å². The second-order valence-corrected chi connectivity index (χ2v) is 6.64. The lowest BCUT2D eigenvalue weighted by molar-refractivity contribution is 0.141. The quantitative estimate of drug-likeness (QED) is 0.602. The molecule has 0 saturated heterocycles. The van der Waals surface area contributed by atoms with Gasteiger partial charge in [-0.3, -0.25) is 0 Å². The maximum Gasteiger partial charge on any atom is 0.0741 e. The summed E-state index contributed by atoms with van der Waals surface area (Å²) in [5, 5.41) is -0.196. The van der Waals surface area contributed by atoms with Crippen LogP contribution in [0.15, 0.2) is 84.5 Å². The molecule has 0 radical (unpaired) electrons. The van der Waals surface area contributed by atoms with Crippen LogP contribution in [0.4, 0.5) is 0 Å². The van der Waals surface area contributed by atoms with E-state index in [-0.39, 0.29) is 10.8 Å². The molecule has 2 unspecified atom stereocenters. The SMILES string of the molecule is COCC(C1=CC=CCC1)(c1ccccc1)C(Cl)c1ccccc1. The van der Waals surface area contributed by atoms with Crippen LogP contribution in [0.2, 0.25) is 0 Å². The van der Waals surface area contributed by atoms with Crippen molar-refractivity contribution in [1.82, 2.24) is 0 Å². The first-order valence-corrected chi connectivity index (χ1v) is 8.82. The van der Waals surface area contributed by atoms with Crippen molar-refractivity contribution in [2.45, 2.75) is 23.6 Å². The van der Waals surface area contributed by atoms with Gasteiger partial charge >= 0.3 is 0 Å². The Morgan fingerprint density at radius 1 is 1.04 bits per heavy atom. The topological polar surface area (TPSA) is 9.23 Å². The van der Waals surface area contributed by atoms with E-state index >= 15 is 0 Å². The van der Waals surface area contributed by atoms with Gasteiger partial charge < -0.3 is 4.74 Å². The largest absolute Gasteiger partial charge is 0.383 e. The molecule has 2 atom stereocenters. The summed E-state index contributed by atoms with van der Waals surface area (Å²) < 4.78 is 5.71. The van der Waals surface area contributed by atoms with E-state index < -0.39 is 0 Å². The van der Waals surface area contributed by atoms with Crippen LogP contribution in [0.3, 0.4) is 0 Å². The lowest BCUT2D eigenvalue weighted by Gasteiger charge is -2.41. The van der Waals surface area contributed by atoms with Crippen LogP contribution in [-0.4, -0.2) is 13.7 Å². The van der Waals surface area contributed by atoms with Gasteiger partial charge in [0.25, 0.3) is 0 Å². The Balaban J connectivity index is 2.18.